The van der Waals surface area contributed by atoms with Gasteiger partial charge in [-0.15, -0.1) is 0 Å². The van der Waals surface area contributed by atoms with Crippen molar-refractivity contribution in [3.63, 3.8) is 0 Å². The Hall–Kier alpha value is -8.34. The van der Waals surface area contributed by atoms with Crippen LogP contribution in [0.3, 0.4) is 0 Å². The van der Waals surface area contributed by atoms with E-state index >= 15 is 0 Å². The summed E-state index contributed by atoms with van der Waals surface area (Å²) < 4.78 is 4.96. The minimum absolute atomic E-state index is 0.203. The second-order valence-electron chi connectivity index (χ2n) is 18.1. The Morgan fingerprint density at radius 3 is 1.91 bits per heavy atom. The van der Waals surface area contributed by atoms with Crippen LogP contribution in [0.1, 0.15) is 25.0 Å². The first-order valence-electron chi connectivity index (χ1n) is 22.6. The minimum Gasteiger partial charge on any atom is -0.310 e. The maximum absolute atomic E-state index is 2.55. The summed E-state index contributed by atoms with van der Waals surface area (Å²) in [6.45, 7) is 4.84. The Bertz CT molecular complexity index is 3930. The molecule has 12 aromatic rings. The average Bonchev–Trinajstić information content (AvgIpc) is 3.96. The highest BCUT2D eigenvalue weighted by Gasteiger charge is 2.41. The van der Waals surface area contributed by atoms with Gasteiger partial charge in [-0.1, -0.05) is 147 Å². The number of anilines is 6. The van der Waals surface area contributed by atoms with Crippen LogP contribution in [0.5, 0.6) is 0 Å². The molecule has 1 aliphatic heterocycles. The Kier molecular flexibility index (Phi) is 7.42. The van der Waals surface area contributed by atoms with Crippen LogP contribution in [0, 0.1) is 0 Å². The average molecular weight is 831 g/mol. The van der Waals surface area contributed by atoms with Gasteiger partial charge in [0.2, 0.25) is 0 Å². The second kappa shape index (κ2) is 13.3. The maximum Gasteiger partial charge on any atom is 0.0787 e. The fourth-order valence-electron chi connectivity index (χ4n) is 11.6. The molecule has 0 unspecified atom stereocenters. The van der Waals surface area contributed by atoms with E-state index in [0.29, 0.717) is 0 Å². The van der Waals surface area contributed by atoms with E-state index in [-0.39, 0.29) is 5.41 Å². The highest BCUT2D eigenvalue weighted by Crippen LogP contribution is 2.59. The van der Waals surface area contributed by atoms with Crippen molar-refractivity contribution in [3.05, 3.63) is 230 Å². The smallest absolute Gasteiger partial charge is 0.0787 e. The van der Waals surface area contributed by atoms with Crippen LogP contribution in [0.15, 0.2) is 218 Å². The van der Waals surface area contributed by atoms with Crippen LogP contribution in [0.25, 0.3) is 76.9 Å². The molecule has 0 fully saturated rings. The lowest BCUT2D eigenvalue weighted by Gasteiger charge is -2.35. The molecule has 1 aliphatic carbocycles. The summed E-state index contributed by atoms with van der Waals surface area (Å²) in [5.74, 6) is 0. The van der Waals surface area contributed by atoms with Gasteiger partial charge in [-0.3, -0.25) is 0 Å². The molecular formula is C61H42N4. The lowest BCUT2D eigenvalue weighted by Crippen LogP contribution is -2.20. The van der Waals surface area contributed by atoms with Gasteiger partial charge in [-0.05, 0) is 118 Å². The van der Waals surface area contributed by atoms with Gasteiger partial charge in [-0.2, -0.15) is 0 Å². The molecule has 0 spiro atoms. The van der Waals surface area contributed by atoms with Gasteiger partial charge < -0.3 is 18.9 Å². The predicted octanol–water partition coefficient (Wildman–Crippen LogP) is 16.6. The topological polar surface area (TPSA) is 16.3 Å². The van der Waals surface area contributed by atoms with E-state index in [1.165, 1.54) is 88.0 Å². The number of hydrogen-bond acceptors (Lipinski definition) is 2. The van der Waals surface area contributed by atoms with Crippen LogP contribution in [-0.4, -0.2) is 9.13 Å². The van der Waals surface area contributed by atoms with E-state index < -0.39 is 0 Å². The quantitative estimate of drug-likeness (QED) is 0.172. The molecule has 4 nitrogen and oxygen atoms in total. The normalized spacial score (nSPS) is 13.5. The summed E-state index contributed by atoms with van der Waals surface area (Å²) in [6.07, 6.45) is 0. The summed E-state index contributed by atoms with van der Waals surface area (Å²) in [7, 11) is 0. The van der Waals surface area contributed by atoms with Crippen LogP contribution >= 0.6 is 0 Å². The molecule has 0 N–H and O–H groups in total. The summed E-state index contributed by atoms with van der Waals surface area (Å²) in [5.41, 5.74) is 19.1. The molecule has 0 amide bonds. The third kappa shape index (κ3) is 4.97. The van der Waals surface area contributed by atoms with Gasteiger partial charge in [0.15, 0.2) is 0 Å². The van der Waals surface area contributed by atoms with E-state index in [0.717, 1.165) is 34.1 Å². The first-order chi connectivity index (χ1) is 32.0. The van der Waals surface area contributed by atoms with Gasteiger partial charge in [0, 0.05) is 55.4 Å². The third-order valence-corrected chi connectivity index (χ3v) is 14.3. The Balaban J connectivity index is 1.04. The number of fused-ring (bicyclic) bond motifs is 14. The second-order valence-corrected chi connectivity index (χ2v) is 18.1. The Morgan fingerprint density at radius 2 is 1.05 bits per heavy atom. The monoisotopic (exact) mass is 830 g/mol. The fraction of sp³-hybridized carbons (Fsp3) is 0.0492. The van der Waals surface area contributed by atoms with Gasteiger partial charge in [0.25, 0.3) is 0 Å². The number of hydrogen-bond donors (Lipinski definition) is 0. The fourth-order valence-corrected chi connectivity index (χ4v) is 11.6. The summed E-state index contributed by atoms with van der Waals surface area (Å²) in [4.78, 5) is 4.93. The molecule has 0 saturated carbocycles. The maximum atomic E-state index is 2.55. The van der Waals surface area contributed by atoms with Crippen molar-refractivity contribution in [2.24, 2.45) is 0 Å². The van der Waals surface area contributed by atoms with Crippen LogP contribution < -0.4 is 9.80 Å². The van der Waals surface area contributed by atoms with Crippen molar-refractivity contribution in [3.8, 4) is 22.5 Å². The summed E-state index contributed by atoms with van der Waals surface area (Å²) in [6, 6.07) is 80.4. The number of para-hydroxylation sites is 5. The number of nitrogens with zero attached hydrogens (tertiary/aromatic N) is 4. The molecule has 2 aliphatic rings. The molecule has 4 heteroatoms. The highest BCUT2D eigenvalue weighted by atomic mass is 15.2. The van der Waals surface area contributed by atoms with E-state index in [1.54, 1.807) is 0 Å². The molecule has 10 aromatic carbocycles. The van der Waals surface area contributed by atoms with Crippen molar-refractivity contribution < 1.29 is 0 Å². The molecule has 0 bridgehead atoms. The number of aromatic nitrogens is 2. The number of benzene rings is 10. The number of rotatable bonds is 5. The van der Waals surface area contributed by atoms with E-state index in [1.807, 2.05) is 0 Å². The van der Waals surface area contributed by atoms with Gasteiger partial charge in [-0.25, -0.2) is 0 Å². The molecule has 2 aromatic heterocycles. The van der Waals surface area contributed by atoms with Crippen molar-refractivity contribution in [1.29, 1.82) is 0 Å². The summed E-state index contributed by atoms with van der Waals surface area (Å²) in [5, 5.41) is 7.68. The van der Waals surface area contributed by atoms with Crippen LogP contribution in [-0.2, 0) is 5.41 Å². The third-order valence-electron chi connectivity index (χ3n) is 14.3. The van der Waals surface area contributed by atoms with E-state index in [9.17, 15) is 0 Å². The van der Waals surface area contributed by atoms with Gasteiger partial charge >= 0.3 is 0 Å². The Morgan fingerprint density at radius 1 is 0.385 bits per heavy atom. The van der Waals surface area contributed by atoms with Crippen molar-refractivity contribution in [1.82, 2.24) is 9.13 Å². The van der Waals surface area contributed by atoms with Gasteiger partial charge in [0.1, 0.15) is 0 Å². The van der Waals surface area contributed by atoms with E-state index in [2.05, 4.69) is 251 Å². The Labute approximate surface area is 377 Å². The van der Waals surface area contributed by atoms with E-state index in [4.69, 9.17) is 0 Å². The predicted molar refractivity (Wildman–Crippen MR) is 273 cm³/mol. The van der Waals surface area contributed by atoms with Crippen molar-refractivity contribution in [2.45, 2.75) is 19.3 Å². The lowest BCUT2D eigenvalue weighted by molar-refractivity contribution is 0.666. The standard InChI is InChI=1S/C61H42N4/c1-61(2)50-28-13-11-26-46(50)49-38-56-60-58(59(49)61)57-45-25-10-9-18-39(45)32-35-54(57)65(60)53-31-16-15-30-52(53)64(56)43-24-17-23-42(36-43)62(40-19-5-3-6-20-40)44-33-34-48-47-27-12-14-29-51(47)63(55(48)37-44)41-21-7-4-8-22-41/h3-38H,1-2H3. The van der Waals surface area contributed by atoms with Crippen molar-refractivity contribution >= 4 is 88.5 Å². The lowest BCUT2D eigenvalue weighted by atomic mass is 9.80. The minimum atomic E-state index is -0.203. The highest BCUT2D eigenvalue weighted by molar-refractivity contribution is 6.27. The molecule has 14 rings (SSSR count). The largest absolute Gasteiger partial charge is 0.310 e. The van der Waals surface area contributed by atoms with Crippen molar-refractivity contribution in [2.75, 3.05) is 9.80 Å². The summed E-state index contributed by atoms with van der Waals surface area (Å²) >= 11 is 0. The molecular weight excluding hydrogens is 789 g/mol. The molecule has 3 heterocycles. The molecule has 0 atom stereocenters. The van der Waals surface area contributed by atoms with Crippen LogP contribution in [0.2, 0.25) is 0 Å². The van der Waals surface area contributed by atoms with Gasteiger partial charge in [0.05, 0.1) is 39.1 Å². The first kappa shape index (κ1) is 36.2. The zero-order chi connectivity index (χ0) is 43.0. The SMILES string of the molecule is CC1(C)c2ccccc2-c2cc3c4c(c21)c1c2ccccc2ccc1n4-c1ccccc1N3c1cccc(N(c2ccccc2)c2ccc3c4ccccc4n(-c4ccccc4)c3c2)c1. The molecule has 65 heavy (non-hydrogen) atoms. The molecule has 0 saturated heterocycles. The molecule has 306 valence electrons. The van der Waals surface area contributed by atoms with Crippen LogP contribution in [0.4, 0.5) is 34.1 Å². The zero-order valence-corrected chi connectivity index (χ0v) is 36.1. The zero-order valence-electron chi connectivity index (χ0n) is 36.1. The first-order valence-corrected chi connectivity index (χ1v) is 22.6. The molecule has 0 radical (unpaired) electrons.